The summed E-state index contributed by atoms with van der Waals surface area (Å²) in [7, 11) is 1.57. The first-order valence-electron chi connectivity index (χ1n) is 9.13. The highest BCUT2D eigenvalue weighted by atomic mass is 32.1. The molecule has 4 rings (SSSR count). The molecule has 2 aromatic heterocycles. The minimum atomic E-state index is -0.540. The maximum atomic E-state index is 14.4. The lowest BCUT2D eigenvalue weighted by molar-refractivity contribution is 0.0973. The first-order chi connectivity index (χ1) is 14.1. The molecule has 0 aliphatic heterocycles. The maximum Gasteiger partial charge on any atom is 0.315 e. The summed E-state index contributed by atoms with van der Waals surface area (Å²) in [5.41, 5.74) is 0.909. The average Bonchev–Trinajstić information content (AvgIpc) is 3.29. The summed E-state index contributed by atoms with van der Waals surface area (Å²) in [4.78, 5) is 17.4. The van der Waals surface area contributed by atoms with Gasteiger partial charge in [0.2, 0.25) is 0 Å². The molecule has 0 atom stereocenters. The molecule has 0 aliphatic rings. The van der Waals surface area contributed by atoms with E-state index >= 15 is 0 Å². The molecule has 1 amide bonds. The number of rotatable bonds is 6. The number of para-hydroxylation sites is 2. The van der Waals surface area contributed by atoms with Gasteiger partial charge < -0.3 is 18.5 Å². The summed E-state index contributed by atoms with van der Waals surface area (Å²) in [6.07, 6.45) is 0. The summed E-state index contributed by atoms with van der Waals surface area (Å²) in [5, 5.41) is 0.754. The highest BCUT2D eigenvalue weighted by molar-refractivity contribution is 7.16. The predicted octanol–water partition coefficient (Wildman–Crippen LogP) is 4.37. The van der Waals surface area contributed by atoms with Gasteiger partial charge in [0.25, 0.3) is 0 Å². The lowest BCUT2D eigenvalue weighted by atomic mass is 10.2. The Morgan fingerprint density at radius 3 is 2.90 bits per heavy atom. The second-order valence-corrected chi connectivity index (χ2v) is 7.26. The van der Waals surface area contributed by atoms with Crippen LogP contribution in [0.25, 0.3) is 21.2 Å². The van der Waals surface area contributed by atoms with Gasteiger partial charge in [-0.25, -0.2) is 4.39 Å². The molecule has 0 fully saturated rings. The Morgan fingerprint density at radius 1 is 1.28 bits per heavy atom. The third-order valence-corrected chi connectivity index (χ3v) is 5.43. The number of furan rings is 1. The predicted molar refractivity (Wildman–Crippen MR) is 109 cm³/mol. The van der Waals surface area contributed by atoms with E-state index in [4.69, 9.17) is 13.9 Å². The molecule has 29 heavy (non-hydrogen) atoms. The van der Waals surface area contributed by atoms with Gasteiger partial charge in [-0.15, -0.1) is 0 Å². The molecule has 6 nitrogen and oxygen atoms in total. The highest BCUT2D eigenvalue weighted by Crippen LogP contribution is 2.29. The van der Waals surface area contributed by atoms with E-state index in [1.807, 2.05) is 19.1 Å². The third kappa shape index (κ3) is 3.68. The van der Waals surface area contributed by atoms with Crippen LogP contribution in [0.1, 0.15) is 17.5 Å². The number of carbonyl (C=O) groups is 1. The van der Waals surface area contributed by atoms with E-state index in [1.54, 1.807) is 35.9 Å². The number of hydrogen-bond donors (Lipinski definition) is 0. The van der Waals surface area contributed by atoms with Gasteiger partial charge in [-0.2, -0.15) is 4.99 Å². The van der Waals surface area contributed by atoms with Crippen molar-refractivity contribution in [2.24, 2.45) is 4.99 Å². The van der Waals surface area contributed by atoms with Crippen molar-refractivity contribution in [3.05, 3.63) is 58.8 Å². The number of halogens is 1. The molecule has 8 heteroatoms. The van der Waals surface area contributed by atoms with Crippen molar-refractivity contribution in [3.8, 4) is 5.75 Å². The number of fused-ring (bicyclic) bond motifs is 2. The zero-order valence-corrected chi connectivity index (χ0v) is 16.8. The van der Waals surface area contributed by atoms with Gasteiger partial charge >= 0.3 is 5.91 Å². The maximum absolute atomic E-state index is 14.4. The van der Waals surface area contributed by atoms with Crippen LogP contribution in [0.3, 0.4) is 0 Å². The van der Waals surface area contributed by atoms with E-state index in [-0.39, 0.29) is 11.6 Å². The number of hydrogen-bond acceptors (Lipinski definition) is 5. The van der Waals surface area contributed by atoms with E-state index in [9.17, 15) is 9.18 Å². The molecule has 0 unspecified atom stereocenters. The van der Waals surface area contributed by atoms with Crippen molar-refractivity contribution in [1.82, 2.24) is 4.57 Å². The first-order valence-corrected chi connectivity index (χ1v) is 9.95. The van der Waals surface area contributed by atoms with Gasteiger partial charge in [0.05, 0.1) is 23.4 Å². The van der Waals surface area contributed by atoms with E-state index in [0.29, 0.717) is 46.1 Å². The lowest BCUT2D eigenvalue weighted by Gasteiger charge is -2.04. The molecule has 4 aromatic rings. The fourth-order valence-corrected chi connectivity index (χ4v) is 4.18. The Balaban J connectivity index is 1.81. The topological polar surface area (TPSA) is 66.0 Å². The fourth-order valence-electron chi connectivity index (χ4n) is 3.12. The second-order valence-electron chi connectivity index (χ2n) is 6.25. The standard InChI is InChI=1S/C21H19FN2O4S/c1-3-27-15-8-4-6-13-12-16(28-19(13)15)20(25)23-21-24(10-11-26-2)18-14(22)7-5-9-17(18)29-21/h4-9,12H,3,10-11H2,1-2H3. The number of aromatic nitrogens is 1. The molecule has 0 N–H and O–H groups in total. The van der Waals surface area contributed by atoms with Crippen LogP contribution in [0.5, 0.6) is 5.75 Å². The normalized spacial score (nSPS) is 12.2. The molecule has 0 aliphatic carbocycles. The quantitative estimate of drug-likeness (QED) is 0.470. The van der Waals surface area contributed by atoms with Crippen molar-refractivity contribution in [1.29, 1.82) is 0 Å². The van der Waals surface area contributed by atoms with Crippen LogP contribution in [0.15, 0.2) is 51.9 Å². The van der Waals surface area contributed by atoms with Crippen LogP contribution in [0.2, 0.25) is 0 Å². The molecule has 2 heterocycles. The second kappa shape index (κ2) is 8.18. The smallest absolute Gasteiger partial charge is 0.315 e. The number of benzene rings is 2. The molecule has 2 aromatic carbocycles. The van der Waals surface area contributed by atoms with E-state index in [0.717, 1.165) is 5.39 Å². The third-order valence-electron chi connectivity index (χ3n) is 4.39. The van der Waals surface area contributed by atoms with Gasteiger partial charge in [-0.1, -0.05) is 29.5 Å². The Labute approximate surface area is 169 Å². The molecule has 150 valence electrons. The van der Waals surface area contributed by atoms with Gasteiger partial charge in [0, 0.05) is 19.0 Å². The van der Waals surface area contributed by atoms with Crippen LogP contribution in [0, 0.1) is 5.82 Å². The van der Waals surface area contributed by atoms with E-state index < -0.39 is 5.91 Å². The molecular weight excluding hydrogens is 395 g/mol. The Hall–Kier alpha value is -2.97. The van der Waals surface area contributed by atoms with Crippen LogP contribution in [-0.4, -0.2) is 30.8 Å². The fraction of sp³-hybridized carbons (Fsp3) is 0.238. The molecule has 0 bridgehead atoms. The van der Waals surface area contributed by atoms with Crippen LogP contribution in [-0.2, 0) is 11.3 Å². The average molecular weight is 414 g/mol. The highest BCUT2D eigenvalue weighted by Gasteiger charge is 2.16. The number of nitrogens with zero attached hydrogens (tertiary/aromatic N) is 2. The number of methoxy groups -OCH3 is 1. The van der Waals surface area contributed by atoms with Crippen LogP contribution >= 0.6 is 11.3 Å². The largest absolute Gasteiger partial charge is 0.490 e. The number of thiazole rings is 1. The van der Waals surface area contributed by atoms with Crippen molar-refractivity contribution in [2.45, 2.75) is 13.5 Å². The molecule has 0 saturated carbocycles. The van der Waals surface area contributed by atoms with E-state index in [1.165, 1.54) is 17.4 Å². The summed E-state index contributed by atoms with van der Waals surface area (Å²) >= 11 is 1.24. The first kappa shape index (κ1) is 19.4. The number of ether oxygens (including phenoxy) is 2. The van der Waals surface area contributed by atoms with Gasteiger partial charge in [-0.05, 0) is 31.2 Å². The summed E-state index contributed by atoms with van der Waals surface area (Å²) in [6, 6.07) is 11.9. The number of carbonyl (C=O) groups excluding carboxylic acids is 1. The zero-order chi connectivity index (χ0) is 20.4. The minimum Gasteiger partial charge on any atom is -0.490 e. The Morgan fingerprint density at radius 2 is 2.10 bits per heavy atom. The molecule has 0 radical (unpaired) electrons. The number of amides is 1. The molecule has 0 saturated heterocycles. The van der Waals surface area contributed by atoms with Crippen LogP contribution < -0.4 is 9.54 Å². The van der Waals surface area contributed by atoms with Crippen molar-refractivity contribution in [3.63, 3.8) is 0 Å². The summed E-state index contributed by atoms with van der Waals surface area (Å²) in [6.45, 7) is 3.10. The Bertz CT molecular complexity index is 1250. The zero-order valence-electron chi connectivity index (χ0n) is 16.0. The van der Waals surface area contributed by atoms with Crippen molar-refractivity contribution in [2.75, 3.05) is 20.3 Å². The SMILES string of the molecule is CCOc1cccc2cc(C(=O)N=c3sc4cccc(F)c4n3CCOC)oc12. The van der Waals surface area contributed by atoms with Gasteiger partial charge in [0.1, 0.15) is 5.82 Å². The summed E-state index contributed by atoms with van der Waals surface area (Å²) < 4.78 is 33.2. The molecular formula is C21H19FN2O4S. The Kier molecular flexibility index (Phi) is 5.46. The molecule has 0 spiro atoms. The van der Waals surface area contributed by atoms with Crippen molar-refractivity contribution >= 4 is 38.4 Å². The minimum absolute atomic E-state index is 0.100. The lowest BCUT2D eigenvalue weighted by Crippen LogP contribution is -2.19. The van der Waals surface area contributed by atoms with Crippen molar-refractivity contribution < 1.29 is 23.1 Å². The van der Waals surface area contributed by atoms with Gasteiger partial charge in [0.15, 0.2) is 21.9 Å². The van der Waals surface area contributed by atoms with E-state index in [2.05, 4.69) is 4.99 Å². The van der Waals surface area contributed by atoms with Crippen LogP contribution in [0.4, 0.5) is 4.39 Å². The monoisotopic (exact) mass is 414 g/mol. The summed E-state index contributed by atoms with van der Waals surface area (Å²) in [5.74, 6) is -0.234. The van der Waals surface area contributed by atoms with Gasteiger partial charge in [-0.3, -0.25) is 4.79 Å².